The van der Waals surface area contributed by atoms with Crippen LogP contribution in [0.1, 0.15) is 21.5 Å². The highest BCUT2D eigenvalue weighted by molar-refractivity contribution is 7.99. The number of aliphatic hydroxyl groups excluding tert-OH is 2. The maximum atomic E-state index is 13.4. The molecule has 2 atom stereocenters. The van der Waals surface area contributed by atoms with E-state index in [1.165, 1.54) is 11.8 Å². The number of thioether (sulfide) groups is 1. The summed E-state index contributed by atoms with van der Waals surface area (Å²) in [5.41, 5.74) is 3.35. The molecule has 0 saturated carbocycles. The van der Waals surface area contributed by atoms with Crippen LogP contribution in [0, 0.1) is 4.51 Å². The van der Waals surface area contributed by atoms with Crippen LogP contribution < -0.4 is 10.1 Å². The van der Waals surface area contributed by atoms with Crippen LogP contribution in [-0.4, -0.2) is 82.2 Å². The van der Waals surface area contributed by atoms with Crippen molar-refractivity contribution in [1.82, 2.24) is 14.8 Å². The molecule has 1 aromatic heterocycles. The Balaban J connectivity index is 1.45. The van der Waals surface area contributed by atoms with E-state index in [-0.39, 0.29) is 18.6 Å². The fraction of sp³-hybridized carbons (Fsp3) is 0.429. The van der Waals surface area contributed by atoms with Crippen molar-refractivity contribution in [2.45, 2.75) is 31.8 Å². The van der Waals surface area contributed by atoms with Crippen molar-refractivity contribution in [2.24, 2.45) is 0 Å². The zero-order valence-electron chi connectivity index (χ0n) is 21.5. The van der Waals surface area contributed by atoms with Gasteiger partial charge in [-0.2, -0.15) is 11.8 Å². The third kappa shape index (κ3) is 6.94. The number of ether oxygens (including phenoxy) is 2. The molecule has 2 aromatic carbocycles. The topological polar surface area (TPSA) is 96.2 Å². The fourth-order valence-corrected chi connectivity index (χ4v) is 6.23. The lowest BCUT2D eigenvalue weighted by molar-refractivity contribution is 0.0341. The predicted molar refractivity (Wildman–Crippen MR) is 156 cm³/mol. The Morgan fingerprint density at radius 2 is 1.97 bits per heavy atom. The van der Waals surface area contributed by atoms with E-state index in [9.17, 15) is 9.90 Å². The molecule has 3 aromatic rings. The zero-order chi connectivity index (χ0) is 27.4. The number of benzene rings is 2. The molecule has 2 unspecified atom stereocenters. The van der Waals surface area contributed by atoms with Gasteiger partial charge in [0.2, 0.25) is 0 Å². The van der Waals surface area contributed by atoms with E-state index >= 15 is 0 Å². The molecule has 0 bridgehead atoms. The number of hydrogen-bond acceptors (Lipinski definition) is 8. The van der Waals surface area contributed by atoms with Gasteiger partial charge in [0.15, 0.2) is 0 Å². The summed E-state index contributed by atoms with van der Waals surface area (Å²) in [6, 6.07) is 11.5. The molecule has 1 amide bonds. The number of pyridine rings is 1. The summed E-state index contributed by atoms with van der Waals surface area (Å²) in [6.45, 7) is 4.50. The Hall–Kier alpha value is -2.18. The van der Waals surface area contributed by atoms with E-state index < -0.39 is 6.10 Å². The number of nitrogens with one attached hydrogen (secondary N) is 1. The molecule has 0 radical (unpaired) electrons. The largest absolute Gasteiger partial charge is 0.485 e. The summed E-state index contributed by atoms with van der Waals surface area (Å²) in [5.74, 6) is 1.56. The van der Waals surface area contributed by atoms with Crippen molar-refractivity contribution in [3.63, 3.8) is 0 Å². The maximum absolute atomic E-state index is 13.4. The first-order valence-corrected chi connectivity index (χ1v) is 14.9. The van der Waals surface area contributed by atoms with Gasteiger partial charge in [-0.3, -0.25) is 9.69 Å². The molecule has 39 heavy (non-hydrogen) atoms. The first kappa shape index (κ1) is 28.4. The second-order valence-corrected chi connectivity index (χ2v) is 11.7. The van der Waals surface area contributed by atoms with Crippen LogP contribution in [0.15, 0.2) is 42.6 Å². The van der Waals surface area contributed by atoms with Gasteiger partial charge in [-0.15, -0.1) is 0 Å². The molecule has 2 aliphatic heterocycles. The van der Waals surface area contributed by atoms with Gasteiger partial charge < -0.3 is 29.6 Å². The fourth-order valence-electron chi connectivity index (χ4n) is 4.85. The highest BCUT2D eigenvalue weighted by Crippen LogP contribution is 2.35. The van der Waals surface area contributed by atoms with E-state index in [4.69, 9.17) is 38.4 Å². The lowest BCUT2D eigenvalue weighted by Gasteiger charge is -2.31. The third-order valence-corrected chi connectivity index (χ3v) is 8.76. The van der Waals surface area contributed by atoms with Crippen LogP contribution in [0.3, 0.4) is 0 Å². The molecule has 11 heteroatoms. The second kappa shape index (κ2) is 13.0. The highest BCUT2D eigenvalue weighted by atomic mass is 35.5. The standard InChI is InChI=1S/C28H32ClN3O5S2/c29-20-3-1-18(2-4-20)11-30-28(35)24-14-32-13-22(17-39-16-21(34)15-33)37-25-10-19(9-23(26(25)32)27(24)38)12-31-5-7-36-8-6-31/h1-4,9-10,14,21-22,33-34H,5-8,11-13,15-17H2,(H,30,35). The van der Waals surface area contributed by atoms with Gasteiger partial charge in [0, 0.05) is 54.3 Å². The van der Waals surface area contributed by atoms with E-state index in [1.54, 1.807) is 12.1 Å². The molecular weight excluding hydrogens is 558 g/mol. The lowest BCUT2D eigenvalue weighted by atomic mass is 10.0. The SMILES string of the molecule is O=C(NCc1ccc(Cl)cc1)c1cn2c3c(cc(CN4CCOCC4)cc3c1=S)OC(CSCC(O)CO)C2. The molecule has 3 N–H and O–H groups in total. The normalized spacial score (nSPS) is 18.1. The molecule has 2 aliphatic rings. The minimum Gasteiger partial charge on any atom is -0.485 e. The van der Waals surface area contributed by atoms with E-state index in [0.29, 0.717) is 52.9 Å². The van der Waals surface area contributed by atoms with E-state index in [2.05, 4.69) is 26.9 Å². The van der Waals surface area contributed by atoms with Crippen LogP contribution in [0.25, 0.3) is 10.9 Å². The number of carbonyl (C=O) groups excluding carboxylic acids is 1. The van der Waals surface area contributed by atoms with Gasteiger partial charge in [0.1, 0.15) is 11.9 Å². The maximum Gasteiger partial charge on any atom is 0.254 e. The van der Waals surface area contributed by atoms with Crippen LogP contribution >= 0.6 is 35.6 Å². The average Bonchev–Trinajstić information content (AvgIpc) is 2.94. The number of rotatable bonds is 10. The first-order valence-electron chi connectivity index (χ1n) is 13.0. The number of nitrogens with zero attached hydrogens (tertiary/aromatic N) is 2. The lowest BCUT2D eigenvalue weighted by Crippen LogP contribution is -2.36. The van der Waals surface area contributed by atoms with Crippen LogP contribution in [-0.2, 0) is 24.4 Å². The van der Waals surface area contributed by atoms with Crippen molar-refractivity contribution in [2.75, 3.05) is 44.4 Å². The van der Waals surface area contributed by atoms with E-state index in [0.717, 1.165) is 47.4 Å². The summed E-state index contributed by atoms with van der Waals surface area (Å²) in [7, 11) is 0. The second-order valence-electron chi connectivity index (χ2n) is 9.83. The molecule has 0 spiro atoms. The summed E-state index contributed by atoms with van der Waals surface area (Å²) in [6.07, 6.45) is 0.900. The smallest absolute Gasteiger partial charge is 0.254 e. The highest BCUT2D eigenvalue weighted by Gasteiger charge is 2.26. The van der Waals surface area contributed by atoms with Crippen LogP contribution in [0.2, 0.25) is 5.02 Å². The number of aliphatic hydroxyl groups is 2. The summed E-state index contributed by atoms with van der Waals surface area (Å²) >= 11 is 13.4. The molecular formula is C28H32ClN3O5S2. The van der Waals surface area contributed by atoms with Gasteiger partial charge in [0.05, 0.1) is 48.1 Å². The predicted octanol–water partition coefficient (Wildman–Crippen LogP) is 3.63. The van der Waals surface area contributed by atoms with Crippen molar-refractivity contribution in [3.8, 4) is 5.75 Å². The summed E-state index contributed by atoms with van der Waals surface area (Å²) in [5, 5.41) is 23.4. The van der Waals surface area contributed by atoms with Crippen LogP contribution in [0.5, 0.6) is 5.75 Å². The molecule has 208 valence electrons. The van der Waals surface area contributed by atoms with Crippen molar-refractivity contribution in [1.29, 1.82) is 0 Å². The van der Waals surface area contributed by atoms with Gasteiger partial charge >= 0.3 is 0 Å². The molecule has 8 nitrogen and oxygen atoms in total. The minimum absolute atomic E-state index is 0.166. The van der Waals surface area contributed by atoms with Crippen molar-refractivity contribution < 1.29 is 24.5 Å². The van der Waals surface area contributed by atoms with E-state index in [1.807, 2.05) is 18.3 Å². The number of morpholine rings is 1. The summed E-state index contributed by atoms with van der Waals surface area (Å²) < 4.78 is 14.5. The van der Waals surface area contributed by atoms with Crippen molar-refractivity contribution in [3.05, 3.63) is 68.8 Å². The molecule has 3 heterocycles. The Bertz CT molecular complexity index is 1380. The monoisotopic (exact) mass is 589 g/mol. The molecule has 0 aliphatic carbocycles. The molecule has 1 fully saturated rings. The number of halogens is 1. The van der Waals surface area contributed by atoms with Crippen LogP contribution in [0.4, 0.5) is 0 Å². The Morgan fingerprint density at radius 1 is 1.21 bits per heavy atom. The number of hydrogen-bond donors (Lipinski definition) is 3. The van der Waals surface area contributed by atoms with Gasteiger partial charge in [-0.05, 0) is 35.4 Å². The molecule has 1 saturated heterocycles. The number of amides is 1. The van der Waals surface area contributed by atoms with Gasteiger partial charge in [-0.25, -0.2) is 0 Å². The first-order chi connectivity index (χ1) is 18.9. The Kier molecular flexibility index (Phi) is 9.44. The van der Waals surface area contributed by atoms with Gasteiger partial charge in [0.25, 0.3) is 5.91 Å². The summed E-state index contributed by atoms with van der Waals surface area (Å²) in [4.78, 5) is 15.7. The number of aromatic nitrogens is 1. The quantitative estimate of drug-likeness (QED) is 0.309. The number of carbonyl (C=O) groups is 1. The van der Waals surface area contributed by atoms with Gasteiger partial charge in [-0.1, -0.05) is 36.0 Å². The third-order valence-electron chi connectivity index (χ3n) is 6.84. The zero-order valence-corrected chi connectivity index (χ0v) is 23.9. The minimum atomic E-state index is -0.763. The molecule has 5 rings (SSSR count). The average molecular weight is 590 g/mol. The van der Waals surface area contributed by atoms with Crippen molar-refractivity contribution >= 4 is 52.4 Å². The Labute approximate surface area is 241 Å². The Morgan fingerprint density at radius 3 is 2.72 bits per heavy atom.